The van der Waals surface area contributed by atoms with Crippen LogP contribution in [0.15, 0.2) is 109 Å². The Kier molecular flexibility index (Phi) is 5.60. The Morgan fingerprint density at radius 2 is 1.29 bits per heavy atom. The van der Waals surface area contributed by atoms with Crippen LogP contribution in [0, 0.1) is 0 Å². The maximum absolute atomic E-state index is 4.04. The number of allylic oxidation sites excluding steroid dienone is 3. The zero-order chi connectivity index (χ0) is 19.0. The molecule has 0 saturated carbocycles. The minimum absolute atomic E-state index is 0.888. The minimum atomic E-state index is 0.888. The van der Waals surface area contributed by atoms with Crippen LogP contribution < -0.4 is 4.90 Å². The van der Waals surface area contributed by atoms with E-state index in [0.717, 1.165) is 12.1 Å². The second-order valence-electron chi connectivity index (χ2n) is 6.62. The van der Waals surface area contributed by atoms with Crippen LogP contribution in [0.4, 0.5) is 5.69 Å². The Labute approximate surface area is 166 Å². The van der Waals surface area contributed by atoms with Gasteiger partial charge in [0.15, 0.2) is 0 Å². The van der Waals surface area contributed by atoms with Crippen LogP contribution in [0.3, 0.4) is 0 Å². The number of anilines is 1. The first-order valence-electron chi connectivity index (χ1n) is 9.43. The molecule has 0 fully saturated rings. The van der Waals surface area contributed by atoms with Crippen molar-refractivity contribution in [1.29, 1.82) is 0 Å². The van der Waals surface area contributed by atoms with Crippen LogP contribution in [0.2, 0.25) is 0 Å². The molecule has 2 heterocycles. The van der Waals surface area contributed by atoms with Crippen molar-refractivity contribution in [3.8, 4) is 0 Å². The topological polar surface area (TPSA) is 16.1 Å². The fourth-order valence-corrected chi connectivity index (χ4v) is 3.02. The second-order valence-corrected chi connectivity index (χ2v) is 6.62. The van der Waals surface area contributed by atoms with Crippen LogP contribution in [-0.4, -0.2) is 11.5 Å². The molecule has 1 aliphatic rings. The summed E-state index contributed by atoms with van der Waals surface area (Å²) in [4.78, 5) is 6.27. The van der Waals surface area contributed by atoms with E-state index in [2.05, 4.69) is 101 Å². The van der Waals surface area contributed by atoms with E-state index in [1.165, 1.54) is 22.4 Å². The van der Waals surface area contributed by atoms with Gasteiger partial charge in [-0.1, -0.05) is 72.8 Å². The standard InChI is InChI=1S/C26H22N2/c1-2-4-26(5-3-1)28-20-16-25(17-21-28)13-11-23-8-6-22(7-9-23)10-12-24-14-18-27-19-15-24/h1-20H,21H2. The van der Waals surface area contributed by atoms with Gasteiger partial charge in [-0.2, -0.15) is 0 Å². The third-order valence-corrected chi connectivity index (χ3v) is 4.64. The smallest absolute Gasteiger partial charge is 0.0414 e. The molecule has 2 heteroatoms. The molecule has 4 rings (SSSR count). The molecule has 0 atom stereocenters. The molecule has 0 spiro atoms. The number of para-hydroxylation sites is 1. The SMILES string of the molecule is C(=Cc1ccc(C=Cc2ccncc2)cc1)C1=CCN(c2ccccc2)C=C1. The fraction of sp³-hybridized carbons (Fsp3) is 0.0385. The van der Waals surface area contributed by atoms with E-state index in [9.17, 15) is 0 Å². The van der Waals surface area contributed by atoms with Crippen LogP contribution in [0.25, 0.3) is 18.2 Å². The zero-order valence-corrected chi connectivity index (χ0v) is 15.6. The predicted octanol–water partition coefficient (Wildman–Crippen LogP) is 6.23. The van der Waals surface area contributed by atoms with E-state index in [1.54, 1.807) is 12.4 Å². The third-order valence-electron chi connectivity index (χ3n) is 4.64. The highest BCUT2D eigenvalue weighted by molar-refractivity contribution is 5.70. The molecule has 1 aliphatic heterocycles. The molecular weight excluding hydrogens is 340 g/mol. The number of benzene rings is 2. The Morgan fingerprint density at radius 1 is 0.679 bits per heavy atom. The van der Waals surface area contributed by atoms with Crippen molar-refractivity contribution >= 4 is 23.9 Å². The van der Waals surface area contributed by atoms with E-state index in [4.69, 9.17) is 0 Å². The highest BCUT2D eigenvalue weighted by Crippen LogP contribution is 2.19. The summed E-state index contributed by atoms with van der Waals surface area (Å²) < 4.78 is 0. The Hall–Kier alpha value is -3.65. The molecule has 0 radical (unpaired) electrons. The minimum Gasteiger partial charge on any atom is -0.344 e. The number of nitrogens with zero attached hydrogens (tertiary/aromatic N) is 2. The molecule has 0 unspecified atom stereocenters. The molecule has 2 aromatic carbocycles. The second kappa shape index (κ2) is 8.83. The van der Waals surface area contributed by atoms with Crippen molar-refractivity contribution in [1.82, 2.24) is 4.98 Å². The summed E-state index contributed by atoms with van der Waals surface area (Å²) in [6.45, 7) is 0.888. The van der Waals surface area contributed by atoms with Gasteiger partial charge in [0.25, 0.3) is 0 Å². The highest BCUT2D eigenvalue weighted by Gasteiger charge is 2.04. The van der Waals surface area contributed by atoms with Gasteiger partial charge in [0.2, 0.25) is 0 Å². The van der Waals surface area contributed by atoms with Crippen LogP contribution in [-0.2, 0) is 0 Å². The molecule has 2 nitrogen and oxygen atoms in total. The lowest BCUT2D eigenvalue weighted by Crippen LogP contribution is -2.18. The quantitative estimate of drug-likeness (QED) is 0.535. The number of hydrogen-bond donors (Lipinski definition) is 0. The van der Waals surface area contributed by atoms with Gasteiger partial charge in [-0.05, 0) is 52.6 Å². The van der Waals surface area contributed by atoms with Crippen molar-refractivity contribution in [2.75, 3.05) is 11.4 Å². The Balaban J connectivity index is 1.36. The normalized spacial score (nSPS) is 14.0. The van der Waals surface area contributed by atoms with Crippen molar-refractivity contribution in [3.05, 3.63) is 126 Å². The van der Waals surface area contributed by atoms with Crippen LogP contribution in [0.1, 0.15) is 16.7 Å². The van der Waals surface area contributed by atoms with Gasteiger partial charge in [0, 0.05) is 30.8 Å². The summed E-state index contributed by atoms with van der Waals surface area (Å²) in [6, 6.07) is 23.0. The molecule has 0 amide bonds. The molecule has 0 aliphatic carbocycles. The number of hydrogen-bond acceptors (Lipinski definition) is 2. The maximum Gasteiger partial charge on any atom is 0.0414 e. The lowest BCUT2D eigenvalue weighted by atomic mass is 10.1. The van der Waals surface area contributed by atoms with Gasteiger partial charge in [0.1, 0.15) is 0 Å². The first-order valence-corrected chi connectivity index (χ1v) is 9.43. The molecule has 3 aromatic rings. The van der Waals surface area contributed by atoms with Gasteiger partial charge in [-0.25, -0.2) is 0 Å². The molecular formula is C26H22N2. The third kappa shape index (κ3) is 4.74. The van der Waals surface area contributed by atoms with Gasteiger partial charge in [0.05, 0.1) is 0 Å². The highest BCUT2D eigenvalue weighted by atomic mass is 15.1. The lowest BCUT2D eigenvalue weighted by molar-refractivity contribution is 1.06. The first-order chi connectivity index (χ1) is 13.9. The van der Waals surface area contributed by atoms with Crippen molar-refractivity contribution in [3.63, 3.8) is 0 Å². The summed E-state index contributed by atoms with van der Waals surface area (Å²) in [6.07, 6.45) is 18.7. The van der Waals surface area contributed by atoms with Crippen LogP contribution in [0.5, 0.6) is 0 Å². The molecule has 0 saturated heterocycles. The molecule has 0 N–H and O–H groups in total. The Bertz CT molecular complexity index is 1010. The average molecular weight is 362 g/mol. The summed E-state index contributed by atoms with van der Waals surface area (Å²) in [5.74, 6) is 0. The van der Waals surface area contributed by atoms with Crippen molar-refractivity contribution < 1.29 is 0 Å². The molecule has 28 heavy (non-hydrogen) atoms. The average Bonchev–Trinajstić information content (AvgIpc) is 2.79. The monoisotopic (exact) mass is 362 g/mol. The summed E-state index contributed by atoms with van der Waals surface area (Å²) >= 11 is 0. The fourth-order valence-electron chi connectivity index (χ4n) is 3.02. The predicted molar refractivity (Wildman–Crippen MR) is 120 cm³/mol. The number of pyridine rings is 1. The van der Waals surface area contributed by atoms with E-state index in [-0.39, 0.29) is 0 Å². The van der Waals surface area contributed by atoms with Gasteiger partial charge >= 0.3 is 0 Å². The molecule has 136 valence electrons. The van der Waals surface area contributed by atoms with Crippen molar-refractivity contribution in [2.24, 2.45) is 0 Å². The summed E-state index contributed by atoms with van der Waals surface area (Å²) in [5.41, 5.74) is 5.98. The molecule has 1 aromatic heterocycles. The van der Waals surface area contributed by atoms with Gasteiger partial charge in [-0.3, -0.25) is 4.98 Å². The Morgan fingerprint density at radius 3 is 1.89 bits per heavy atom. The lowest BCUT2D eigenvalue weighted by Gasteiger charge is -2.22. The van der Waals surface area contributed by atoms with E-state index < -0.39 is 0 Å². The van der Waals surface area contributed by atoms with E-state index in [1.807, 2.05) is 18.2 Å². The number of aromatic nitrogens is 1. The zero-order valence-electron chi connectivity index (χ0n) is 15.6. The van der Waals surface area contributed by atoms with E-state index in [0.29, 0.717) is 0 Å². The molecule has 0 bridgehead atoms. The largest absolute Gasteiger partial charge is 0.344 e. The van der Waals surface area contributed by atoms with Gasteiger partial charge < -0.3 is 4.90 Å². The summed E-state index contributed by atoms with van der Waals surface area (Å²) in [5, 5.41) is 0. The summed E-state index contributed by atoms with van der Waals surface area (Å²) in [7, 11) is 0. The first kappa shape index (κ1) is 17.7. The number of rotatable bonds is 5. The van der Waals surface area contributed by atoms with Crippen molar-refractivity contribution in [2.45, 2.75) is 0 Å². The van der Waals surface area contributed by atoms with Crippen LogP contribution >= 0.6 is 0 Å². The van der Waals surface area contributed by atoms with Gasteiger partial charge in [-0.15, -0.1) is 0 Å². The maximum atomic E-state index is 4.04. The van der Waals surface area contributed by atoms with E-state index >= 15 is 0 Å².